The van der Waals surface area contributed by atoms with Gasteiger partial charge in [-0.2, -0.15) is 10.2 Å². The number of nitrogens with one attached hydrogen (secondary N) is 4. The van der Waals surface area contributed by atoms with Crippen LogP contribution in [0.5, 0.6) is 0 Å². The van der Waals surface area contributed by atoms with Crippen LogP contribution >= 0.6 is 0 Å². The highest BCUT2D eigenvalue weighted by Crippen LogP contribution is 2.55. The Bertz CT molecular complexity index is 2800. The van der Waals surface area contributed by atoms with Gasteiger partial charge in [0.2, 0.25) is 11.8 Å². The molecule has 4 unspecified atom stereocenters. The maximum atomic E-state index is 15.8. The van der Waals surface area contributed by atoms with E-state index in [9.17, 15) is 19.2 Å². The monoisotopic (exact) mass is 772 g/mol. The van der Waals surface area contributed by atoms with Crippen LogP contribution in [0, 0.1) is 17.0 Å². The molecule has 1 spiro atoms. The Morgan fingerprint density at radius 3 is 2.07 bits per heavy atom. The lowest BCUT2D eigenvalue weighted by molar-refractivity contribution is -0.136. The van der Waals surface area contributed by atoms with Crippen molar-refractivity contribution in [1.82, 2.24) is 40.2 Å². The molecule has 6 aromatic rings. The summed E-state index contributed by atoms with van der Waals surface area (Å²) in [5.74, 6) is -1.43. The van der Waals surface area contributed by atoms with Crippen LogP contribution in [0.2, 0.25) is 0 Å². The van der Waals surface area contributed by atoms with Gasteiger partial charge in [-0.05, 0) is 94.7 Å². The van der Waals surface area contributed by atoms with Crippen molar-refractivity contribution in [3.63, 3.8) is 0 Å². The highest BCUT2D eigenvalue weighted by atomic mass is 19.1. The molecule has 2 aromatic carbocycles. The number of nitrogens with zero attached hydrogens (tertiary/aromatic N) is 4. The van der Waals surface area contributed by atoms with E-state index in [1.165, 1.54) is 24.5 Å². The zero-order chi connectivity index (χ0) is 39.9. The predicted octanol–water partition coefficient (Wildman–Crippen LogP) is 5.92. The number of aromatic amines is 2. The summed E-state index contributed by atoms with van der Waals surface area (Å²) in [5.41, 5.74) is -0.337. The second-order valence-corrected chi connectivity index (χ2v) is 16.1. The zero-order valence-electron chi connectivity index (χ0n) is 31.8. The van der Waals surface area contributed by atoms with Crippen LogP contribution in [0.4, 0.5) is 8.78 Å². The Labute approximate surface area is 325 Å². The average Bonchev–Trinajstić information content (AvgIpc) is 3.83. The van der Waals surface area contributed by atoms with E-state index in [0.29, 0.717) is 101 Å². The van der Waals surface area contributed by atoms with Crippen LogP contribution in [0.25, 0.3) is 44.3 Å². The van der Waals surface area contributed by atoms with Crippen molar-refractivity contribution in [3.05, 3.63) is 117 Å². The number of piperidine rings is 2. The third kappa shape index (κ3) is 5.51. The summed E-state index contributed by atoms with van der Waals surface area (Å²) in [6.45, 7) is 7.02. The Morgan fingerprint density at radius 2 is 1.40 bits per heavy atom. The fraction of sp³-hybridized carbons (Fsp3) is 0.349. The lowest BCUT2D eigenvalue weighted by Gasteiger charge is -2.53. The van der Waals surface area contributed by atoms with Crippen LogP contribution in [-0.2, 0) is 27.0 Å². The third-order valence-corrected chi connectivity index (χ3v) is 13.1. The summed E-state index contributed by atoms with van der Waals surface area (Å²) in [5, 5.41) is 15.5. The van der Waals surface area contributed by atoms with Gasteiger partial charge in [0.25, 0.3) is 11.1 Å². The van der Waals surface area contributed by atoms with Crippen molar-refractivity contribution >= 4 is 33.6 Å². The first-order chi connectivity index (χ1) is 27.4. The van der Waals surface area contributed by atoms with Crippen LogP contribution < -0.4 is 21.8 Å². The van der Waals surface area contributed by atoms with Crippen molar-refractivity contribution in [1.29, 1.82) is 0 Å². The third-order valence-electron chi connectivity index (χ3n) is 13.1. The van der Waals surface area contributed by atoms with Gasteiger partial charge in [-0.1, -0.05) is 24.3 Å². The number of hydrogen-bond donors (Lipinski definition) is 4. The summed E-state index contributed by atoms with van der Waals surface area (Å²) in [4.78, 5) is 60.2. The lowest BCUT2D eigenvalue weighted by atomic mass is 9.52. The van der Waals surface area contributed by atoms with Gasteiger partial charge in [0, 0.05) is 53.3 Å². The molecule has 4 aromatic heterocycles. The number of carbonyl (C=O) groups is 2. The van der Waals surface area contributed by atoms with E-state index in [0.717, 1.165) is 6.42 Å². The molecule has 2 fully saturated rings. The normalized spacial score (nSPS) is 25.0. The Hall–Kier alpha value is -6.18. The van der Waals surface area contributed by atoms with Crippen LogP contribution in [0.1, 0.15) is 70.0 Å². The molecule has 9 rings (SSSR count). The van der Waals surface area contributed by atoms with Gasteiger partial charge in [-0.15, -0.1) is 0 Å². The number of rotatable bonds is 6. The molecule has 57 heavy (non-hydrogen) atoms. The van der Waals surface area contributed by atoms with Crippen LogP contribution in [0.15, 0.2) is 82.7 Å². The topological polar surface area (TPSA) is 160 Å². The number of halogens is 2. The minimum absolute atomic E-state index is 0.194. The first-order valence-electron chi connectivity index (χ1n) is 19.4. The van der Waals surface area contributed by atoms with E-state index in [1.54, 1.807) is 52.7 Å². The van der Waals surface area contributed by atoms with Crippen molar-refractivity contribution in [3.8, 4) is 22.5 Å². The SMILES string of the molecule is CCn1ncc2c(F)cc(-c3ccc(C4(C)C(=O)NCCC45CC=CC(n4ncc6c(F)cc(-c7ccc(C8(C)CCCNC8=O)c(=O)[nH]7)cc64)C5)c(=O)[nH]3)cc21. The molecule has 292 valence electrons. The number of fused-ring (bicyclic) bond motifs is 2. The van der Waals surface area contributed by atoms with Gasteiger partial charge in [-0.3, -0.25) is 28.5 Å². The van der Waals surface area contributed by atoms with Gasteiger partial charge >= 0.3 is 0 Å². The fourth-order valence-corrected chi connectivity index (χ4v) is 9.66. The Morgan fingerprint density at radius 1 is 0.772 bits per heavy atom. The van der Waals surface area contributed by atoms with Gasteiger partial charge < -0.3 is 20.6 Å². The molecule has 0 bridgehead atoms. The highest BCUT2D eigenvalue weighted by molar-refractivity contribution is 5.91. The Kier molecular flexibility index (Phi) is 8.45. The quantitative estimate of drug-likeness (QED) is 0.154. The second kappa shape index (κ2) is 13.2. The van der Waals surface area contributed by atoms with E-state index < -0.39 is 45.0 Å². The number of benzene rings is 2. The van der Waals surface area contributed by atoms with E-state index in [1.807, 2.05) is 26.0 Å². The average molecular weight is 773 g/mol. The van der Waals surface area contributed by atoms with Crippen molar-refractivity contribution in [2.24, 2.45) is 5.41 Å². The molecule has 3 aliphatic rings. The van der Waals surface area contributed by atoms with Gasteiger partial charge in [0.1, 0.15) is 11.6 Å². The van der Waals surface area contributed by atoms with Crippen molar-refractivity contribution in [2.75, 3.05) is 13.1 Å². The molecular weight excluding hydrogens is 731 g/mol. The molecule has 6 heterocycles. The number of hydrogen-bond acceptors (Lipinski definition) is 6. The van der Waals surface area contributed by atoms with Gasteiger partial charge in [0.15, 0.2) is 0 Å². The molecule has 2 saturated heterocycles. The van der Waals surface area contributed by atoms with Crippen molar-refractivity contribution < 1.29 is 18.4 Å². The fourth-order valence-electron chi connectivity index (χ4n) is 9.66. The summed E-state index contributed by atoms with van der Waals surface area (Å²) in [7, 11) is 0. The predicted molar refractivity (Wildman–Crippen MR) is 212 cm³/mol. The maximum absolute atomic E-state index is 15.8. The molecule has 0 saturated carbocycles. The van der Waals surface area contributed by atoms with Crippen molar-refractivity contribution in [2.45, 2.75) is 76.3 Å². The van der Waals surface area contributed by atoms with Gasteiger partial charge in [0.05, 0.1) is 51.1 Å². The molecule has 2 amide bonds. The zero-order valence-corrected chi connectivity index (χ0v) is 31.8. The van der Waals surface area contributed by atoms with E-state index in [-0.39, 0.29) is 11.8 Å². The molecule has 4 atom stereocenters. The second-order valence-electron chi connectivity index (χ2n) is 16.1. The van der Waals surface area contributed by atoms with Gasteiger partial charge in [-0.25, -0.2) is 8.78 Å². The van der Waals surface area contributed by atoms with E-state index in [2.05, 4.69) is 30.8 Å². The number of aromatic nitrogens is 6. The molecule has 1 aliphatic carbocycles. The standard InChI is InChI=1S/C43H42F2N8O4/c1-4-52-35-19-24(17-31(44)27(35)22-48-52)34-11-9-30(38(55)51-34)42(3)40(57)47-16-14-43(42)13-5-7-26(21-43)53-36-20-25(18-32(45)28(36)23-49-53)33-10-8-29(37(54)50-33)41(2)12-6-15-46-39(41)56/h5,7-11,17-20,22-23,26H,4,6,12-16,21H2,1-3H3,(H,46,56)(H,47,57)(H,50,54)(H,51,55). The number of amides is 2. The van der Waals surface area contributed by atoms with Crippen LogP contribution in [0.3, 0.4) is 0 Å². The summed E-state index contributed by atoms with van der Waals surface area (Å²) in [6, 6.07) is 12.6. The lowest BCUT2D eigenvalue weighted by Crippen LogP contribution is -2.61. The number of allylic oxidation sites excluding steroid dienone is 2. The molecule has 2 aliphatic heterocycles. The summed E-state index contributed by atoms with van der Waals surface area (Å²) < 4.78 is 34.4. The van der Waals surface area contributed by atoms with E-state index >= 15 is 8.78 Å². The number of pyridine rings is 2. The summed E-state index contributed by atoms with van der Waals surface area (Å²) >= 11 is 0. The number of H-pyrrole nitrogens is 2. The molecule has 14 heteroatoms. The molecule has 12 nitrogen and oxygen atoms in total. The minimum Gasteiger partial charge on any atom is -0.355 e. The molecular formula is C43H42F2N8O4. The Balaban J connectivity index is 1.07. The highest BCUT2D eigenvalue weighted by Gasteiger charge is 2.58. The smallest absolute Gasteiger partial charge is 0.252 e. The minimum atomic E-state index is -1.27. The number of aryl methyl sites for hydroxylation is 1. The maximum Gasteiger partial charge on any atom is 0.252 e. The first-order valence-corrected chi connectivity index (χ1v) is 19.4. The largest absolute Gasteiger partial charge is 0.355 e. The first kappa shape index (κ1) is 36.5. The molecule has 0 radical (unpaired) electrons. The number of carbonyl (C=O) groups excluding carboxylic acids is 2. The molecule has 4 N–H and O–H groups in total. The summed E-state index contributed by atoms with van der Waals surface area (Å²) in [6.07, 6.45) is 9.78. The van der Waals surface area contributed by atoms with E-state index in [4.69, 9.17) is 0 Å². The van der Waals surface area contributed by atoms with Crippen LogP contribution in [-0.4, -0.2) is 54.4 Å².